The van der Waals surface area contributed by atoms with Gasteiger partial charge in [-0.05, 0) is 17.2 Å². The molecule has 0 bridgehead atoms. The van der Waals surface area contributed by atoms with Gasteiger partial charge in [-0.1, -0.05) is 70.3 Å². The minimum absolute atomic E-state index is 0.00644. The molecule has 4 nitrogen and oxygen atoms in total. The van der Waals surface area contributed by atoms with Crippen LogP contribution in [0.5, 0.6) is 0 Å². The lowest BCUT2D eigenvalue weighted by Crippen LogP contribution is -2.58. The van der Waals surface area contributed by atoms with Gasteiger partial charge in [-0.15, -0.1) is 0 Å². The number of halogens is 7. The molecule has 0 saturated carbocycles. The van der Waals surface area contributed by atoms with E-state index in [1.54, 1.807) is 0 Å². The summed E-state index contributed by atoms with van der Waals surface area (Å²) in [4.78, 5) is 17.6. The van der Waals surface area contributed by atoms with Crippen LogP contribution in [0.3, 0.4) is 0 Å². The van der Waals surface area contributed by atoms with E-state index in [2.05, 4.69) is 5.16 Å². The molecule has 1 fully saturated rings. The third kappa shape index (κ3) is 3.62. The van der Waals surface area contributed by atoms with Crippen molar-refractivity contribution in [1.82, 2.24) is 4.90 Å². The number of nitrogens with zero attached hydrogens (tertiary/aromatic N) is 2. The summed E-state index contributed by atoms with van der Waals surface area (Å²) in [6.07, 6.45) is -5.53. The lowest BCUT2D eigenvalue weighted by Gasteiger charge is -2.44. The van der Waals surface area contributed by atoms with Crippen molar-refractivity contribution in [1.29, 1.82) is 0 Å². The van der Waals surface area contributed by atoms with Gasteiger partial charge in [-0.2, -0.15) is 13.2 Å². The number of oxime groups is 1. The first kappa shape index (κ1) is 23.1. The minimum Gasteiger partial charge on any atom is -0.374 e. The zero-order valence-electron chi connectivity index (χ0n) is 16.4. The predicted molar refractivity (Wildman–Crippen MR) is 113 cm³/mol. The van der Waals surface area contributed by atoms with Gasteiger partial charge in [0.05, 0.1) is 40.3 Å². The molecule has 11 heteroatoms. The van der Waals surface area contributed by atoms with E-state index >= 15 is 0 Å². The molecule has 2 aliphatic rings. The van der Waals surface area contributed by atoms with Gasteiger partial charge in [0.15, 0.2) is 5.67 Å². The molecule has 0 radical (unpaired) electrons. The van der Waals surface area contributed by atoms with Gasteiger partial charge < -0.3 is 9.74 Å². The van der Waals surface area contributed by atoms with Gasteiger partial charge in [0.2, 0.25) is 5.91 Å². The van der Waals surface area contributed by atoms with E-state index in [0.717, 1.165) is 6.07 Å². The Morgan fingerprint density at radius 1 is 1.06 bits per heavy atom. The standard InChI is InChI=1S/C21H15Cl3F4N2O2/c1-11(31)30-9-19(25,10-30)13-4-2-12(3-5-13)16-8-20(32-29-16,21(26,27)28)14-6-7-15(22)18(24)17(14)23/h2-7H,8-10H2,1H3. The van der Waals surface area contributed by atoms with E-state index in [4.69, 9.17) is 39.6 Å². The van der Waals surface area contributed by atoms with Crippen LogP contribution in [0.25, 0.3) is 0 Å². The van der Waals surface area contributed by atoms with Crippen molar-refractivity contribution < 1.29 is 27.2 Å². The maximum atomic E-state index is 14.9. The number of carbonyl (C=O) groups is 1. The third-order valence-electron chi connectivity index (χ3n) is 5.72. The highest BCUT2D eigenvalue weighted by atomic mass is 35.5. The molecule has 0 aliphatic carbocycles. The van der Waals surface area contributed by atoms with E-state index in [1.165, 1.54) is 42.2 Å². The van der Waals surface area contributed by atoms with Crippen LogP contribution in [0.4, 0.5) is 17.6 Å². The zero-order valence-corrected chi connectivity index (χ0v) is 18.7. The molecule has 32 heavy (non-hydrogen) atoms. The largest absolute Gasteiger partial charge is 0.435 e. The molecule has 2 aromatic carbocycles. The lowest BCUT2D eigenvalue weighted by atomic mass is 9.84. The summed E-state index contributed by atoms with van der Waals surface area (Å²) in [6.45, 7) is 1.21. The fourth-order valence-electron chi connectivity index (χ4n) is 3.80. The number of likely N-dealkylation sites (tertiary alicyclic amines) is 1. The Labute approximate surface area is 195 Å². The van der Waals surface area contributed by atoms with Crippen molar-refractivity contribution in [2.24, 2.45) is 5.16 Å². The van der Waals surface area contributed by atoms with Crippen LogP contribution in [0, 0.1) is 0 Å². The van der Waals surface area contributed by atoms with Crippen molar-refractivity contribution in [3.63, 3.8) is 0 Å². The lowest BCUT2D eigenvalue weighted by molar-refractivity contribution is -0.275. The number of hydrogen-bond donors (Lipinski definition) is 0. The first-order valence-corrected chi connectivity index (χ1v) is 10.5. The van der Waals surface area contributed by atoms with Gasteiger partial charge in [-0.25, -0.2) is 4.39 Å². The maximum absolute atomic E-state index is 14.9. The first-order valence-electron chi connectivity index (χ1n) is 9.39. The van der Waals surface area contributed by atoms with Crippen LogP contribution in [0.2, 0.25) is 15.1 Å². The molecule has 4 rings (SSSR count). The molecule has 2 aliphatic heterocycles. The highest BCUT2D eigenvalue weighted by Gasteiger charge is 2.63. The molecule has 1 amide bonds. The third-order valence-corrected chi connectivity index (χ3v) is 7.01. The van der Waals surface area contributed by atoms with Crippen molar-refractivity contribution in [2.75, 3.05) is 13.1 Å². The molecule has 1 saturated heterocycles. The second-order valence-corrected chi connectivity index (χ2v) is 8.93. The van der Waals surface area contributed by atoms with Gasteiger partial charge >= 0.3 is 6.18 Å². The molecule has 0 spiro atoms. The Kier molecular flexibility index (Phi) is 5.63. The quantitative estimate of drug-likeness (QED) is 0.362. The average molecular weight is 510 g/mol. The fourth-order valence-corrected chi connectivity index (χ4v) is 4.49. The molecule has 1 atom stereocenters. The van der Waals surface area contributed by atoms with E-state index in [1.807, 2.05) is 0 Å². The Morgan fingerprint density at radius 3 is 2.25 bits per heavy atom. The SMILES string of the molecule is CC(=O)N1CC(F)(c2ccc(C3=NOC(c4ccc(Cl)c(Cl)c4Cl)(C(F)(F)F)C3)cc2)C1. The van der Waals surface area contributed by atoms with Crippen LogP contribution in [-0.2, 0) is 20.9 Å². The molecule has 0 N–H and O–H groups in total. The molecule has 1 unspecified atom stereocenters. The normalized spacial score (nSPS) is 22.2. The number of rotatable bonds is 3. The Balaban J connectivity index is 1.61. The summed E-state index contributed by atoms with van der Waals surface area (Å²) in [5.41, 5.74) is -4.26. The van der Waals surface area contributed by atoms with E-state index in [0.29, 0.717) is 11.1 Å². The van der Waals surface area contributed by atoms with Crippen molar-refractivity contribution in [3.8, 4) is 0 Å². The van der Waals surface area contributed by atoms with Crippen LogP contribution in [0.1, 0.15) is 30.0 Å². The molecular formula is C21H15Cl3F4N2O2. The Bertz CT molecular complexity index is 1120. The molecule has 0 aromatic heterocycles. The van der Waals surface area contributed by atoms with E-state index < -0.39 is 29.4 Å². The summed E-state index contributed by atoms with van der Waals surface area (Å²) in [6, 6.07) is 8.19. The summed E-state index contributed by atoms with van der Waals surface area (Å²) >= 11 is 17.9. The Morgan fingerprint density at radius 2 is 1.69 bits per heavy atom. The summed E-state index contributed by atoms with van der Waals surface area (Å²) in [5.74, 6) is -0.225. The number of amides is 1. The Hall–Kier alpha value is -2.03. The topological polar surface area (TPSA) is 41.9 Å². The average Bonchev–Trinajstić information content (AvgIpc) is 3.16. The molecule has 170 valence electrons. The number of alkyl halides is 4. The number of hydrogen-bond acceptors (Lipinski definition) is 3. The van der Waals surface area contributed by atoms with Gasteiger partial charge in [0.1, 0.15) is 0 Å². The summed E-state index contributed by atoms with van der Waals surface area (Å²) < 4.78 is 57.4. The highest BCUT2D eigenvalue weighted by molar-refractivity contribution is 6.48. The zero-order chi connectivity index (χ0) is 23.5. The second-order valence-electron chi connectivity index (χ2n) is 7.77. The monoisotopic (exact) mass is 508 g/mol. The minimum atomic E-state index is -4.87. The molecule has 2 aromatic rings. The number of benzene rings is 2. The van der Waals surface area contributed by atoms with Gasteiger partial charge in [-0.3, -0.25) is 4.79 Å². The van der Waals surface area contributed by atoms with Crippen LogP contribution in [0.15, 0.2) is 41.6 Å². The maximum Gasteiger partial charge on any atom is 0.435 e. The smallest absolute Gasteiger partial charge is 0.374 e. The van der Waals surface area contributed by atoms with Crippen molar-refractivity contribution >= 4 is 46.4 Å². The van der Waals surface area contributed by atoms with E-state index in [9.17, 15) is 22.4 Å². The predicted octanol–water partition coefficient (Wildman–Crippen LogP) is 6.26. The van der Waals surface area contributed by atoms with Crippen molar-refractivity contribution in [2.45, 2.75) is 30.8 Å². The van der Waals surface area contributed by atoms with Crippen LogP contribution < -0.4 is 0 Å². The molecule has 2 heterocycles. The summed E-state index contributed by atoms with van der Waals surface area (Å²) in [5, 5.41) is 3.09. The van der Waals surface area contributed by atoms with Gasteiger partial charge in [0.25, 0.3) is 5.60 Å². The number of carbonyl (C=O) groups excluding carboxylic acids is 1. The van der Waals surface area contributed by atoms with Crippen molar-refractivity contribution in [3.05, 3.63) is 68.2 Å². The fraction of sp³-hybridized carbons (Fsp3) is 0.333. The van der Waals surface area contributed by atoms with Crippen LogP contribution >= 0.6 is 34.8 Å². The van der Waals surface area contributed by atoms with Gasteiger partial charge in [0, 0.05) is 12.5 Å². The molecular weight excluding hydrogens is 495 g/mol. The van der Waals surface area contributed by atoms with Crippen LogP contribution in [-0.4, -0.2) is 35.8 Å². The highest BCUT2D eigenvalue weighted by Crippen LogP contribution is 2.52. The van der Waals surface area contributed by atoms with E-state index in [-0.39, 0.29) is 39.8 Å². The second kappa shape index (κ2) is 7.78. The first-order chi connectivity index (χ1) is 14.9. The summed E-state index contributed by atoms with van der Waals surface area (Å²) in [7, 11) is 0.